The van der Waals surface area contributed by atoms with Crippen LogP contribution in [0.1, 0.15) is 36.0 Å². The van der Waals surface area contributed by atoms with Crippen LogP contribution in [0.15, 0.2) is 40.9 Å². The molecule has 0 spiro atoms. The van der Waals surface area contributed by atoms with Gasteiger partial charge in [-0.3, -0.25) is 4.79 Å². The van der Waals surface area contributed by atoms with Crippen molar-refractivity contribution in [2.75, 3.05) is 5.32 Å². The third kappa shape index (κ3) is 2.54. The Morgan fingerprint density at radius 1 is 1.29 bits per heavy atom. The van der Waals surface area contributed by atoms with Gasteiger partial charge in [0, 0.05) is 17.5 Å². The zero-order chi connectivity index (χ0) is 15.0. The highest BCUT2D eigenvalue weighted by Crippen LogP contribution is 2.22. The summed E-state index contributed by atoms with van der Waals surface area (Å²) in [6, 6.07) is 9.53. The van der Waals surface area contributed by atoms with Gasteiger partial charge in [-0.1, -0.05) is 11.6 Å². The molecule has 0 saturated carbocycles. The topological polar surface area (TPSA) is 60.1 Å². The minimum absolute atomic E-state index is 0.175. The number of carbonyl (C=O) groups excluding carboxylic acids is 1. The predicted molar refractivity (Wildman–Crippen MR) is 81.5 cm³/mol. The second kappa shape index (κ2) is 5.09. The fraction of sp³-hybridized carbons (Fsp3) is 0.250. The van der Waals surface area contributed by atoms with Gasteiger partial charge in [-0.05, 0) is 39.0 Å². The van der Waals surface area contributed by atoms with Crippen molar-refractivity contribution in [3.8, 4) is 0 Å². The summed E-state index contributed by atoms with van der Waals surface area (Å²) in [6.07, 6.45) is 1.66. The summed E-state index contributed by atoms with van der Waals surface area (Å²) in [7, 11) is 0. The number of hydrogen-bond donors (Lipinski definition) is 1. The molecule has 0 unspecified atom stereocenters. The molecular weight excluding hydrogens is 266 g/mol. The lowest BCUT2D eigenvalue weighted by molar-refractivity contribution is 0.0997. The number of fused-ring (bicyclic) bond motifs is 1. The molecule has 1 aromatic carbocycles. The van der Waals surface area contributed by atoms with Crippen LogP contribution in [-0.2, 0) is 0 Å². The minimum atomic E-state index is -0.272. The Bertz CT molecular complexity index is 799. The van der Waals surface area contributed by atoms with Crippen LogP contribution in [0, 0.1) is 6.92 Å². The average molecular weight is 283 g/mol. The molecular formula is C16H17N3O2. The molecule has 2 heterocycles. The number of benzene rings is 1. The van der Waals surface area contributed by atoms with Crippen LogP contribution < -0.4 is 5.32 Å². The molecule has 0 aliphatic rings. The minimum Gasteiger partial charge on any atom is -0.451 e. The molecule has 0 saturated heterocycles. The van der Waals surface area contributed by atoms with Crippen molar-refractivity contribution >= 4 is 22.7 Å². The van der Waals surface area contributed by atoms with E-state index in [2.05, 4.69) is 10.4 Å². The summed E-state index contributed by atoms with van der Waals surface area (Å²) < 4.78 is 7.35. The van der Waals surface area contributed by atoms with Gasteiger partial charge in [-0.2, -0.15) is 5.10 Å². The van der Waals surface area contributed by atoms with Gasteiger partial charge in [0.05, 0.1) is 6.20 Å². The summed E-state index contributed by atoms with van der Waals surface area (Å²) in [4.78, 5) is 12.3. The van der Waals surface area contributed by atoms with Gasteiger partial charge in [0.1, 0.15) is 11.4 Å². The summed E-state index contributed by atoms with van der Waals surface area (Å²) in [5, 5.41) is 7.95. The zero-order valence-electron chi connectivity index (χ0n) is 12.3. The standard InChI is InChI=1S/C16H17N3O2/c1-10(2)19-15(6-7-17-19)18-16(20)14-9-12-8-11(3)4-5-13(12)21-14/h4-10H,1-3H3,(H,18,20). The summed E-state index contributed by atoms with van der Waals surface area (Å²) in [5.41, 5.74) is 1.84. The summed E-state index contributed by atoms with van der Waals surface area (Å²) in [6.45, 7) is 6.02. The van der Waals surface area contributed by atoms with Crippen LogP contribution >= 0.6 is 0 Å². The molecule has 1 N–H and O–H groups in total. The van der Waals surface area contributed by atoms with Crippen LogP contribution in [0.4, 0.5) is 5.82 Å². The molecule has 21 heavy (non-hydrogen) atoms. The van der Waals surface area contributed by atoms with E-state index >= 15 is 0 Å². The van der Waals surface area contributed by atoms with E-state index in [-0.39, 0.29) is 11.9 Å². The predicted octanol–water partition coefficient (Wildman–Crippen LogP) is 3.77. The van der Waals surface area contributed by atoms with E-state index in [1.807, 2.05) is 39.0 Å². The largest absolute Gasteiger partial charge is 0.451 e. The van der Waals surface area contributed by atoms with Gasteiger partial charge >= 0.3 is 0 Å². The van der Waals surface area contributed by atoms with Crippen LogP contribution in [0.3, 0.4) is 0 Å². The number of anilines is 1. The maximum Gasteiger partial charge on any atom is 0.292 e. The van der Waals surface area contributed by atoms with Crippen molar-refractivity contribution in [2.24, 2.45) is 0 Å². The highest BCUT2D eigenvalue weighted by Gasteiger charge is 2.15. The molecule has 2 aromatic heterocycles. The number of amides is 1. The molecule has 0 aliphatic heterocycles. The van der Waals surface area contributed by atoms with E-state index < -0.39 is 0 Å². The lowest BCUT2D eigenvalue weighted by atomic mass is 10.2. The average Bonchev–Trinajstić information content (AvgIpc) is 3.04. The fourth-order valence-electron chi connectivity index (χ4n) is 2.28. The maximum atomic E-state index is 12.3. The molecule has 5 nitrogen and oxygen atoms in total. The second-order valence-corrected chi connectivity index (χ2v) is 5.36. The van der Waals surface area contributed by atoms with E-state index in [9.17, 15) is 4.79 Å². The van der Waals surface area contributed by atoms with Crippen molar-refractivity contribution in [1.29, 1.82) is 0 Å². The van der Waals surface area contributed by atoms with Gasteiger partial charge in [-0.25, -0.2) is 4.68 Å². The van der Waals surface area contributed by atoms with Crippen molar-refractivity contribution in [1.82, 2.24) is 9.78 Å². The Morgan fingerprint density at radius 2 is 2.10 bits per heavy atom. The molecule has 0 fully saturated rings. The number of carbonyl (C=O) groups is 1. The molecule has 3 rings (SSSR count). The lowest BCUT2D eigenvalue weighted by Gasteiger charge is -2.10. The molecule has 5 heteroatoms. The number of furan rings is 1. The number of hydrogen-bond acceptors (Lipinski definition) is 3. The monoisotopic (exact) mass is 283 g/mol. The van der Waals surface area contributed by atoms with Gasteiger partial charge < -0.3 is 9.73 Å². The number of nitrogens with one attached hydrogen (secondary N) is 1. The third-order valence-electron chi connectivity index (χ3n) is 3.30. The van der Waals surface area contributed by atoms with E-state index in [1.165, 1.54) is 0 Å². The zero-order valence-corrected chi connectivity index (χ0v) is 12.3. The molecule has 0 radical (unpaired) electrons. The van der Waals surface area contributed by atoms with Crippen molar-refractivity contribution < 1.29 is 9.21 Å². The van der Waals surface area contributed by atoms with Gasteiger partial charge in [0.2, 0.25) is 0 Å². The van der Waals surface area contributed by atoms with Crippen LogP contribution in [0.2, 0.25) is 0 Å². The first kappa shape index (κ1) is 13.4. The first-order chi connectivity index (χ1) is 10.0. The van der Waals surface area contributed by atoms with Crippen molar-refractivity contribution in [3.05, 3.63) is 47.9 Å². The molecule has 108 valence electrons. The van der Waals surface area contributed by atoms with E-state index in [1.54, 1.807) is 23.0 Å². The van der Waals surface area contributed by atoms with Gasteiger partial charge in [0.15, 0.2) is 5.76 Å². The molecule has 3 aromatic rings. The molecule has 0 bridgehead atoms. The third-order valence-corrected chi connectivity index (χ3v) is 3.30. The highest BCUT2D eigenvalue weighted by atomic mass is 16.3. The first-order valence-corrected chi connectivity index (χ1v) is 6.89. The number of aryl methyl sites for hydroxylation is 1. The van der Waals surface area contributed by atoms with Crippen molar-refractivity contribution in [3.63, 3.8) is 0 Å². The smallest absolute Gasteiger partial charge is 0.292 e. The van der Waals surface area contributed by atoms with Crippen LogP contribution in [0.5, 0.6) is 0 Å². The molecule has 0 aliphatic carbocycles. The molecule has 0 atom stereocenters. The Morgan fingerprint density at radius 3 is 2.86 bits per heavy atom. The van der Waals surface area contributed by atoms with Crippen LogP contribution in [0.25, 0.3) is 11.0 Å². The quantitative estimate of drug-likeness (QED) is 0.796. The van der Waals surface area contributed by atoms with Crippen molar-refractivity contribution in [2.45, 2.75) is 26.8 Å². The normalized spacial score (nSPS) is 11.2. The van der Waals surface area contributed by atoms with E-state index in [0.717, 1.165) is 10.9 Å². The Kier molecular flexibility index (Phi) is 3.25. The highest BCUT2D eigenvalue weighted by molar-refractivity contribution is 6.04. The molecule has 1 amide bonds. The first-order valence-electron chi connectivity index (χ1n) is 6.89. The number of nitrogens with zero attached hydrogens (tertiary/aromatic N) is 2. The lowest BCUT2D eigenvalue weighted by Crippen LogP contribution is -2.16. The Labute approximate surface area is 122 Å². The SMILES string of the molecule is Cc1ccc2oc(C(=O)Nc3ccnn3C(C)C)cc2c1. The summed E-state index contributed by atoms with van der Waals surface area (Å²) >= 11 is 0. The Hall–Kier alpha value is -2.56. The van der Waals surface area contributed by atoms with Crippen LogP contribution in [-0.4, -0.2) is 15.7 Å². The number of aromatic nitrogens is 2. The summed E-state index contributed by atoms with van der Waals surface area (Å²) in [5.74, 6) is 0.685. The number of rotatable bonds is 3. The van der Waals surface area contributed by atoms with Gasteiger partial charge in [-0.15, -0.1) is 0 Å². The Balaban J connectivity index is 1.88. The van der Waals surface area contributed by atoms with Gasteiger partial charge in [0.25, 0.3) is 5.91 Å². The fourth-order valence-corrected chi connectivity index (χ4v) is 2.28. The second-order valence-electron chi connectivity index (χ2n) is 5.36. The maximum absolute atomic E-state index is 12.3. The van der Waals surface area contributed by atoms with E-state index in [0.29, 0.717) is 17.2 Å². The van der Waals surface area contributed by atoms with E-state index in [4.69, 9.17) is 4.42 Å².